The molecule has 0 N–H and O–H groups in total. The lowest BCUT2D eigenvalue weighted by molar-refractivity contribution is 0.628. The van der Waals surface area contributed by atoms with Crippen LogP contribution in [0.25, 0.3) is 0 Å². The molecule has 0 radical (unpaired) electrons. The first kappa shape index (κ1) is 7.35. The molecule has 0 aliphatic rings. The van der Waals surface area contributed by atoms with Gasteiger partial charge in [0.15, 0.2) is 0 Å². The Balaban J connectivity index is 3.30. The molecule has 11 heavy (non-hydrogen) atoms. The molecule has 0 saturated carbocycles. The van der Waals surface area contributed by atoms with Crippen LogP contribution in [0.15, 0.2) is 23.4 Å². The average Bonchev–Trinajstić information content (AvgIpc) is 2.04. The van der Waals surface area contributed by atoms with Crippen LogP contribution in [0.3, 0.4) is 0 Å². The minimum atomic E-state index is -0.571. The molecule has 1 rings (SSSR count). The van der Waals surface area contributed by atoms with Crippen molar-refractivity contribution >= 4 is 5.69 Å². The molecule has 0 bridgehead atoms. The highest BCUT2D eigenvalue weighted by atomic mass is 19.1. The molecule has 0 aliphatic carbocycles. The van der Waals surface area contributed by atoms with Crippen molar-refractivity contribution < 1.29 is 4.39 Å². The highest BCUT2D eigenvalue weighted by molar-refractivity contribution is 5.52. The lowest BCUT2D eigenvalue weighted by Crippen LogP contribution is -1.77. The smallest absolute Gasteiger partial charge is 0.128 e. The van der Waals surface area contributed by atoms with E-state index in [1.165, 1.54) is 6.07 Å². The fraction of sp³-hybridized carbons (Fsp3) is 0. The molecule has 1 aromatic rings. The van der Waals surface area contributed by atoms with Crippen LogP contribution in [0.4, 0.5) is 10.1 Å². The second kappa shape index (κ2) is 2.88. The second-order valence-electron chi connectivity index (χ2n) is 1.86. The maximum atomic E-state index is 12.4. The van der Waals surface area contributed by atoms with Gasteiger partial charge in [-0.15, -0.1) is 4.91 Å². The molecule has 0 spiro atoms. The maximum Gasteiger partial charge on any atom is 0.128 e. The van der Waals surface area contributed by atoms with Gasteiger partial charge >= 0.3 is 0 Å². The van der Waals surface area contributed by atoms with Gasteiger partial charge in [-0.05, 0) is 17.3 Å². The van der Waals surface area contributed by atoms with Gasteiger partial charge in [0, 0.05) is 6.07 Å². The summed E-state index contributed by atoms with van der Waals surface area (Å²) < 4.78 is 12.4. The van der Waals surface area contributed by atoms with Crippen LogP contribution >= 0.6 is 0 Å². The fourth-order valence-corrected chi connectivity index (χ4v) is 0.675. The Morgan fingerprint density at radius 1 is 1.55 bits per heavy atom. The van der Waals surface area contributed by atoms with Gasteiger partial charge in [0.2, 0.25) is 0 Å². The molecule has 54 valence electrons. The van der Waals surface area contributed by atoms with Crippen molar-refractivity contribution in [3.63, 3.8) is 0 Å². The Labute approximate surface area is 62.0 Å². The molecular formula is C7H3FN2O. The monoisotopic (exact) mass is 150 g/mol. The standard InChI is InChI=1S/C7H3FN2O/c8-6-2-1-5(4-9)7(3-6)10-11/h1-3H. The van der Waals surface area contributed by atoms with E-state index in [2.05, 4.69) is 5.18 Å². The van der Waals surface area contributed by atoms with E-state index in [1.54, 1.807) is 6.07 Å². The average molecular weight is 150 g/mol. The molecule has 0 amide bonds. The van der Waals surface area contributed by atoms with E-state index in [9.17, 15) is 9.30 Å². The summed E-state index contributed by atoms with van der Waals surface area (Å²) in [5.41, 5.74) is -0.0751. The largest absolute Gasteiger partial charge is 0.207 e. The first-order valence-corrected chi connectivity index (χ1v) is 2.81. The van der Waals surface area contributed by atoms with E-state index in [-0.39, 0.29) is 11.3 Å². The molecule has 0 saturated heterocycles. The molecule has 0 unspecified atom stereocenters. The summed E-state index contributed by atoms with van der Waals surface area (Å²) in [4.78, 5) is 9.97. The van der Waals surface area contributed by atoms with Crippen LogP contribution in [-0.2, 0) is 0 Å². The van der Waals surface area contributed by atoms with E-state index in [4.69, 9.17) is 5.26 Å². The van der Waals surface area contributed by atoms with Crippen LogP contribution < -0.4 is 0 Å². The maximum absolute atomic E-state index is 12.4. The van der Waals surface area contributed by atoms with Crippen LogP contribution in [-0.4, -0.2) is 0 Å². The number of benzene rings is 1. The SMILES string of the molecule is N#Cc1ccc(F)cc1N=O. The van der Waals surface area contributed by atoms with Crippen molar-refractivity contribution in [1.29, 1.82) is 5.26 Å². The summed E-state index contributed by atoms with van der Waals surface area (Å²) in [6.45, 7) is 0. The van der Waals surface area contributed by atoms with Crippen molar-refractivity contribution in [3.8, 4) is 6.07 Å². The zero-order valence-corrected chi connectivity index (χ0v) is 5.41. The van der Waals surface area contributed by atoms with Gasteiger partial charge in [-0.25, -0.2) is 4.39 Å². The van der Waals surface area contributed by atoms with Gasteiger partial charge in [-0.1, -0.05) is 0 Å². The first-order valence-electron chi connectivity index (χ1n) is 2.81. The molecule has 4 heteroatoms. The second-order valence-corrected chi connectivity index (χ2v) is 1.86. The molecule has 0 atom stereocenters. The molecule has 0 aliphatic heterocycles. The first-order chi connectivity index (χ1) is 5.27. The molecule has 3 nitrogen and oxygen atoms in total. The van der Waals surface area contributed by atoms with Gasteiger partial charge in [0.05, 0.1) is 5.56 Å². The van der Waals surface area contributed by atoms with Crippen LogP contribution in [0.1, 0.15) is 5.56 Å². The van der Waals surface area contributed by atoms with Gasteiger partial charge in [0.1, 0.15) is 17.6 Å². The third-order valence-electron chi connectivity index (χ3n) is 1.18. The topological polar surface area (TPSA) is 53.2 Å². The summed E-state index contributed by atoms with van der Waals surface area (Å²) in [6, 6.07) is 4.95. The third-order valence-corrected chi connectivity index (χ3v) is 1.18. The van der Waals surface area contributed by atoms with Crippen LogP contribution in [0.2, 0.25) is 0 Å². The Hall–Kier alpha value is -1.76. The Morgan fingerprint density at radius 2 is 2.27 bits per heavy atom. The summed E-state index contributed by atoms with van der Waals surface area (Å²) in [7, 11) is 0. The van der Waals surface area contributed by atoms with Crippen molar-refractivity contribution in [3.05, 3.63) is 34.5 Å². The number of nitrogens with zero attached hydrogens (tertiary/aromatic N) is 2. The number of nitriles is 1. The number of hydrogen-bond donors (Lipinski definition) is 0. The highest BCUT2D eigenvalue weighted by Gasteiger charge is 2.02. The quantitative estimate of drug-likeness (QED) is 0.575. The van der Waals surface area contributed by atoms with Crippen LogP contribution in [0, 0.1) is 22.1 Å². The van der Waals surface area contributed by atoms with Gasteiger partial charge in [-0.3, -0.25) is 0 Å². The zero-order chi connectivity index (χ0) is 8.27. The van der Waals surface area contributed by atoms with Crippen molar-refractivity contribution in [1.82, 2.24) is 0 Å². The third kappa shape index (κ3) is 1.38. The molecule has 0 fully saturated rings. The minimum Gasteiger partial charge on any atom is -0.207 e. The number of nitroso groups, excluding NO2 is 1. The van der Waals surface area contributed by atoms with Crippen molar-refractivity contribution in [2.45, 2.75) is 0 Å². The minimum absolute atomic E-state index is 0.0846. The summed E-state index contributed by atoms with van der Waals surface area (Å²) in [5.74, 6) is -0.571. The zero-order valence-electron chi connectivity index (χ0n) is 5.41. The normalized spacial score (nSPS) is 8.73. The Morgan fingerprint density at radius 3 is 2.82 bits per heavy atom. The predicted octanol–water partition coefficient (Wildman–Crippen LogP) is 2.10. The van der Waals surface area contributed by atoms with E-state index in [1.807, 2.05) is 0 Å². The fourth-order valence-electron chi connectivity index (χ4n) is 0.675. The summed E-state index contributed by atoms with van der Waals surface area (Å²) >= 11 is 0. The Bertz CT molecular complexity index is 330. The Kier molecular flexibility index (Phi) is 1.93. The predicted molar refractivity (Wildman–Crippen MR) is 36.6 cm³/mol. The van der Waals surface area contributed by atoms with Gasteiger partial charge in [-0.2, -0.15) is 5.26 Å². The summed E-state index contributed by atoms with van der Waals surface area (Å²) in [6.07, 6.45) is 0. The van der Waals surface area contributed by atoms with Crippen molar-refractivity contribution in [2.24, 2.45) is 5.18 Å². The molecule has 0 aromatic heterocycles. The van der Waals surface area contributed by atoms with Crippen molar-refractivity contribution in [2.75, 3.05) is 0 Å². The number of hydrogen-bond acceptors (Lipinski definition) is 3. The van der Waals surface area contributed by atoms with E-state index in [0.717, 1.165) is 12.1 Å². The van der Waals surface area contributed by atoms with Gasteiger partial charge < -0.3 is 0 Å². The van der Waals surface area contributed by atoms with Gasteiger partial charge in [0.25, 0.3) is 0 Å². The van der Waals surface area contributed by atoms with E-state index in [0.29, 0.717) is 0 Å². The summed E-state index contributed by atoms with van der Waals surface area (Å²) in [5, 5.41) is 10.9. The van der Waals surface area contributed by atoms with E-state index >= 15 is 0 Å². The molecule has 1 aromatic carbocycles. The molecular weight excluding hydrogens is 147 g/mol. The highest BCUT2D eigenvalue weighted by Crippen LogP contribution is 2.18. The molecule has 0 heterocycles. The lowest BCUT2D eigenvalue weighted by Gasteiger charge is -1.91. The van der Waals surface area contributed by atoms with Crippen LogP contribution in [0.5, 0.6) is 0 Å². The van der Waals surface area contributed by atoms with E-state index < -0.39 is 5.82 Å². The number of halogens is 1. The lowest BCUT2D eigenvalue weighted by atomic mass is 10.2. The number of rotatable bonds is 1.